The number of nitrogens with one attached hydrogen (secondary N) is 2. The zero-order valence-electron chi connectivity index (χ0n) is 19.9. The summed E-state index contributed by atoms with van der Waals surface area (Å²) in [6.45, 7) is 0.212. The normalized spacial score (nSPS) is 11.5. The summed E-state index contributed by atoms with van der Waals surface area (Å²) >= 11 is 0. The third-order valence-corrected chi connectivity index (χ3v) is 5.44. The smallest absolute Gasteiger partial charge is 0.345 e. The Morgan fingerprint density at radius 3 is 2.36 bits per heavy atom. The highest BCUT2D eigenvalue weighted by Crippen LogP contribution is 2.18. The zero-order chi connectivity index (χ0) is 26.3. The minimum atomic E-state index is -4.51. The molecule has 1 aromatic carbocycles. The molecule has 2 amide bonds. The Balaban J connectivity index is 1.78. The average molecular weight is 510 g/mol. The van der Waals surface area contributed by atoms with Crippen molar-refractivity contribution in [2.24, 2.45) is 7.05 Å². The number of amides is 2. The van der Waals surface area contributed by atoms with Gasteiger partial charge >= 0.3 is 6.18 Å². The Bertz CT molecular complexity index is 1170. The molecule has 0 bridgehead atoms. The van der Waals surface area contributed by atoms with E-state index in [9.17, 15) is 27.2 Å². The first kappa shape index (κ1) is 26.8. The van der Waals surface area contributed by atoms with Crippen molar-refractivity contribution in [2.45, 2.75) is 45.3 Å². The molecule has 0 saturated heterocycles. The highest BCUT2D eigenvalue weighted by Gasteiger charge is 2.28. The lowest BCUT2D eigenvalue weighted by molar-refractivity contribution is -0.123. The van der Waals surface area contributed by atoms with E-state index in [2.05, 4.69) is 20.7 Å². The largest absolute Gasteiger partial charge is 0.405 e. The van der Waals surface area contributed by atoms with Crippen molar-refractivity contribution in [1.82, 2.24) is 35.4 Å². The average Bonchev–Trinajstić information content (AvgIpc) is 3.41. The van der Waals surface area contributed by atoms with Crippen LogP contribution >= 0.6 is 0 Å². The monoisotopic (exact) mass is 509 g/mol. The second-order valence-electron chi connectivity index (χ2n) is 8.22. The van der Waals surface area contributed by atoms with Crippen molar-refractivity contribution in [3.05, 3.63) is 58.7 Å². The fourth-order valence-electron chi connectivity index (χ4n) is 3.49. The molecule has 0 aliphatic carbocycles. The molecule has 0 atom stereocenters. The topological polar surface area (TPSA) is 107 Å². The molecule has 0 aliphatic rings. The van der Waals surface area contributed by atoms with E-state index in [0.717, 1.165) is 5.69 Å². The van der Waals surface area contributed by atoms with E-state index < -0.39 is 31.2 Å². The number of aromatic nitrogens is 5. The van der Waals surface area contributed by atoms with Gasteiger partial charge in [0.25, 0.3) is 11.8 Å². The number of unbranched alkanes of at least 4 members (excludes halogenated alkanes) is 2. The molecule has 0 saturated carbocycles. The van der Waals surface area contributed by atoms with Gasteiger partial charge in [0.1, 0.15) is 6.54 Å². The maximum atomic E-state index is 12.9. The lowest BCUT2D eigenvalue weighted by Crippen LogP contribution is -2.33. The number of carbonyl (C=O) groups excluding carboxylic acids is 2. The summed E-state index contributed by atoms with van der Waals surface area (Å²) in [5, 5.41) is 17.0. The van der Waals surface area contributed by atoms with Crippen LogP contribution in [0, 0.1) is 6.92 Å². The molecule has 3 rings (SSSR count). The van der Waals surface area contributed by atoms with Crippen molar-refractivity contribution in [3.8, 4) is 5.69 Å². The minimum Gasteiger partial charge on any atom is -0.345 e. The van der Waals surface area contributed by atoms with Gasteiger partial charge in [-0.05, 0) is 56.5 Å². The maximum Gasteiger partial charge on any atom is 0.405 e. The molecular formula is C23H27F4N7O2. The Morgan fingerprint density at radius 2 is 1.75 bits per heavy atom. The standard InChI is InChI=1S/C23H27F4N7O2/c1-15-12-17(31-33(15)2)13-28-22(36)20-19(6-4-3-5-11-24)34(32-30-20)18-9-7-16(8-10-18)21(35)29-14-23(25,26)27/h7-10,12H,3-6,11,13-14H2,1-2H3,(H,28,36)(H,29,35). The molecule has 0 fully saturated rings. The number of alkyl halides is 4. The molecule has 3 aromatic rings. The van der Waals surface area contributed by atoms with Crippen LogP contribution in [0.1, 0.15) is 57.2 Å². The summed E-state index contributed by atoms with van der Waals surface area (Å²) in [5.74, 6) is -1.32. The van der Waals surface area contributed by atoms with Gasteiger partial charge in [-0.3, -0.25) is 18.7 Å². The molecule has 9 nitrogen and oxygen atoms in total. The zero-order valence-corrected chi connectivity index (χ0v) is 19.9. The van der Waals surface area contributed by atoms with Crippen molar-refractivity contribution >= 4 is 11.8 Å². The number of aryl methyl sites for hydroxylation is 2. The van der Waals surface area contributed by atoms with Crippen LogP contribution in [-0.2, 0) is 20.0 Å². The van der Waals surface area contributed by atoms with Crippen molar-refractivity contribution in [2.75, 3.05) is 13.2 Å². The Morgan fingerprint density at radius 1 is 1.03 bits per heavy atom. The summed E-state index contributed by atoms with van der Waals surface area (Å²) in [5.41, 5.74) is 2.73. The van der Waals surface area contributed by atoms with Gasteiger partial charge in [0.2, 0.25) is 0 Å². The van der Waals surface area contributed by atoms with Crippen LogP contribution in [-0.4, -0.2) is 56.0 Å². The molecule has 0 aliphatic heterocycles. The van der Waals surface area contributed by atoms with Crippen molar-refractivity contribution < 1.29 is 27.2 Å². The number of nitrogens with zero attached hydrogens (tertiary/aromatic N) is 5. The molecule has 2 heterocycles. The Hall–Kier alpha value is -3.77. The summed E-state index contributed by atoms with van der Waals surface area (Å²) in [6, 6.07) is 7.57. The van der Waals surface area contributed by atoms with Crippen LogP contribution in [0.5, 0.6) is 0 Å². The van der Waals surface area contributed by atoms with Crippen LogP contribution in [0.25, 0.3) is 5.69 Å². The van der Waals surface area contributed by atoms with E-state index >= 15 is 0 Å². The van der Waals surface area contributed by atoms with Gasteiger partial charge in [-0.25, -0.2) is 4.68 Å². The molecule has 2 aromatic heterocycles. The minimum absolute atomic E-state index is 0.0382. The van der Waals surface area contributed by atoms with Crippen LogP contribution < -0.4 is 10.6 Å². The number of benzene rings is 1. The van der Waals surface area contributed by atoms with Crippen LogP contribution in [0.4, 0.5) is 17.6 Å². The third kappa shape index (κ3) is 7.12. The fourth-order valence-corrected chi connectivity index (χ4v) is 3.49. The number of halogens is 4. The van der Waals surface area contributed by atoms with Gasteiger partial charge in [0.05, 0.1) is 30.3 Å². The molecule has 0 radical (unpaired) electrons. The molecule has 2 N–H and O–H groups in total. The molecule has 13 heteroatoms. The quantitative estimate of drug-likeness (QED) is 0.305. The predicted octanol–water partition coefficient (Wildman–Crippen LogP) is 3.21. The maximum absolute atomic E-state index is 12.9. The summed E-state index contributed by atoms with van der Waals surface area (Å²) in [7, 11) is 1.80. The molecular weight excluding hydrogens is 482 g/mol. The Kier molecular flexibility index (Phi) is 8.78. The second kappa shape index (κ2) is 11.8. The fraction of sp³-hybridized carbons (Fsp3) is 0.435. The van der Waals surface area contributed by atoms with Gasteiger partial charge in [0.15, 0.2) is 5.69 Å². The molecule has 36 heavy (non-hydrogen) atoms. The van der Waals surface area contributed by atoms with Gasteiger partial charge < -0.3 is 10.6 Å². The first-order valence-electron chi connectivity index (χ1n) is 11.3. The van der Waals surface area contributed by atoms with E-state index in [1.54, 1.807) is 11.7 Å². The number of carbonyl (C=O) groups is 2. The molecule has 194 valence electrons. The highest BCUT2D eigenvalue weighted by atomic mass is 19.4. The summed E-state index contributed by atoms with van der Waals surface area (Å²) in [4.78, 5) is 24.9. The van der Waals surface area contributed by atoms with E-state index in [-0.39, 0.29) is 17.8 Å². The number of hydrogen-bond donors (Lipinski definition) is 2. The van der Waals surface area contributed by atoms with Crippen molar-refractivity contribution in [3.63, 3.8) is 0 Å². The third-order valence-electron chi connectivity index (χ3n) is 5.44. The SMILES string of the molecule is Cc1cc(CNC(=O)c2nnn(-c3ccc(C(=O)NCC(F)(F)F)cc3)c2CCCCCF)nn1C. The van der Waals surface area contributed by atoms with E-state index in [1.807, 2.05) is 18.3 Å². The Labute approximate surface area is 204 Å². The summed E-state index contributed by atoms with van der Waals surface area (Å²) < 4.78 is 52.7. The van der Waals surface area contributed by atoms with Gasteiger partial charge in [-0.1, -0.05) is 11.6 Å². The second-order valence-corrected chi connectivity index (χ2v) is 8.22. The van der Waals surface area contributed by atoms with Gasteiger partial charge in [0, 0.05) is 18.3 Å². The predicted molar refractivity (Wildman–Crippen MR) is 122 cm³/mol. The van der Waals surface area contributed by atoms with Crippen LogP contribution in [0.15, 0.2) is 30.3 Å². The van der Waals surface area contributed by atoms with Crippen LogP contribution in [0.2, 0.25) is 0 Å². The van der Waals surface area contributed by atoms with E-state index in [4.69, 9.17) is 0 Å². The lowest BCUT2D eigenvalue weighted by atomic mass is 10.1. The van der Waals surface area contributed by atoms with E-state index in [1.165, 1.54) is 28.9 Å². The van der Waals surface area contributed by atoms with Crippen LogP contribution in [0.3, 0.4) is 0 Å². The lowest BCUT2D eigenvalue weighted by Gasteiger charge is -2.10. The first-order valence-corrected chi connectivity index (χ1v) is 11.3. The van der Waals surface area contributed by atoms with Crippen molar-refractivity contribution in [1.29, 1.82) is 0 Å². The number of hydrogen-bond acceptors (Lipinski definition) is 5. The summed E-state index contributed by atoms with van der Waals surface area (Å²) in [6.07, 6.45) is -2.53. The first-order chi connectivity index (χ1) is 17.1. The molecule has 0 unspecified atom stereocenters. The molecule has 0 spiro atoms. The van der Waals surface area contributed by atoms with Gasteiger partial charge in [-0.15, -0.1) is 5.10 Å². The highest BCUT2D eigenvalue weighted by molar-refractivity contribution is 5.94. The number of rotatable bonds is 11. The van der Waals surface area contributed by atoms with Gasteiger partial charge in [-0.2, -0.15) is 18.3 Å². The van der Waals surface area contributed by atoms with E-state index in [0.29, 0.717) is 42.8 Å².